The number of hydrogen-bond acceptors (Lipinski definition) is 5. The van der Waals surface area contributed by atoms with Gasteiger partial charge < -0.3 is 14.6 Å². The molecule has 0 bridgehead atoms. The monoisotopic (exact) mass is 327 g/mol. The molecule has 1 aromatic carbocycles. The number of aryl methyl sites for hydroxylation is 1. The molecular formula is C17H18FN5O. The number of imidazole rings is 1. The van der Waals surface area contributed by atoms with Crippen LogP contribution < -0.4 is 5.32 Å². The number of benzene rings is 1. The summed E-state index contributed by atoms with van der Waals surface area (Å²) < 4.78 is 21.1. The maximum absolute atomic E-state index is 14.2. The van der Waals surface area contributed by atoms with Gasteiger partial charge in [-0.1, -0.05) is 18.2 Å². The average Bonchev–Trinajstić information content (AvgIpc) is 3.02. The molecule has 0 saturated carbocycles. The van der Waals surface area contributed by atoms with Crippen LogP contribution in [-0.2, 0) is 11.8 Å². The first-order valence-electron chi connectivity index (χ1n) is 7.53. The van der Waals surface area contributed by atoms with Crippen LogP contribution in [0, 0.1) is 5.82 Å². The molecule has 3 rings (SSSR count). The largest absolute Gasteiger partial charge is 0.383 e. The highest BCUT2D eigenvalue weighted by molar-refractivity contribution is 5.78. The molecule has 0 amide bonds. The van der Waals surface area contributed by atoms with Crippen LogP contribution in [-0.4, -0.2) is 39.8 Å². The van der Waals surface area contributed by atoms with E-state index in [9.17, 15) is 4.39 Å². The number of anilines is 1. The van der Waals surface area contributed by atoms with E-state index in [1.54, 1.807) is 37.7 Å². The van der Waals surface area contributed by atoms with Gasteiger partial charge >= 0.3 is 0 Å². The van der Waals surface area contributed by atoms with Crippen molar-refractivity contribution in [3.05, 3.63) is 48.7 Å². The highest BCUT2D eigenvalue weighted by Gasteiger charge is 2.17. The van der Waals surface area contributed by atoms with Crippen molar-refractivity contribution in [2.75, 3.05) is 25.6 Å². The second kappa shape index (κ2) is 7.18. The Bertz CT molecular complexity index is 833. The fourth-order valence-electron chi connectivity index (χ4n) is 2.37. The molecule has 2 heterocycles. The molecule has 3 aromatic rings. The van der Waals surface area contributed by atoms with Gasteiger partial charge in [0.15, 0.2) is 5.82 Å². The molecule has 0 spiro atoms. The highest BCUT2D eigenvalue weighted by atomic mass is 19.1. The van der Waals surface area contributed by atoms with Crippen LogP contribution in [0.2, 0.25) is 0 Å². The van der Waals surface area contributed by atoms with E-state index in [2.05, 4.69) is 20.3 Å². The van der Waals surface area contributed by atoms with Crippen LogP contribution in [0.5, 0.6) is 0 Å². The van der Waals surface area contributed by atoms with Gasteiger partial charge in [0.05, 0.1) is 6.61 Å². The Hall–Kier alpha value is -2.80. The van der Waals surface area contributed by atoms with Gasteiger partial charge in [-0.3, -0.25) is 0 Å². The Morgan fingerprint density at radius 3 is 2.75 bits per heavy atom. The van der Waals surface area contributed by atoms with E-state index in [-0.39, 0.29) is 5.82 Å². The quantitative estimate of drug-likeness (QED) is 0.705. The summed E-state index contributed by atoms with van der Waals surface area (Å²) in [6.07, 6.45) is 5.12. The van der Waals surface area contributed by atoms with Crippen molar-refractivity contribution in [2.45, 2.75) is 0 Å². The standard InChI is InChI=1S/C17H18FN5O/c1-23-9-7-19-16(23)15-13(12-5-3-4-6-14(12)18)11-21-17(22-15)20-8-10-24-2/h3-7,9,11H,8,10H2,1-2H3,(H,20,21,22). The molecule has 24 heavy (non-hydrogen) atoms. The Morgan fingerprint density at radius 2 is 2.04 bits per heavy atom. The Kier molecular flexibility index (Phi) is 4.81. The number of nitrogens with zero attached hydrogens (tertiary/aromatic N) is 4. The summed E-state index contributed by atoms with van der Waals surface area (Å²) in [5, 5.41) is 3.08. The smallest absolute Gasteiger partial charge is 0.223 e. The van der Waals surface area contributed by atoms with Gasteiger partial charge in [-0.2, -0.15) is 0 Å². The summed E-state index contributed by atoms with van der Waals surface area (Å²) in [6.45, 7) is 1.12. The third kappa shape index (κ3) is 3.26. The van der Waals surface area contributed by atoms with Crippen LogP contribution in [0.4, 0.5) is 10.3 Å². The van der Waals surface area contributed by atoms with Crippen LogP contribution >= 0.6 is 0 Å². The fraction of sp³-hybridized carbons (Fsp3) is 0.235. The van der Waals surface area contributed by atoms with Gasteiger partial charge in [0, 0.05) is 50.4 Å². The summed E-state index contributed by atoms with van der Waals surface area (Å²) in [5.41, 5.74) is 1.61. The third-order valence-electron chi connectivity index (χ3n) is 3.58. The van der Waals surface area contributed by atoms with Gasteiger partial charge in [0.25, 0.3) is 0 Å². The number of rotatable bonds is 6. The Morgan fingerprint density at radius 1 is 1.21 bits per heavy atom. The SMILES string of the molecule is COCCNc1ncc(-c2ccccc2F)c(-c2nccn2C)n1. The van der Waals surface area contributed by atoms with Crippen LogP contribution in [0.3, 0.4) is 0 Å². The van der Waals surface area contributed by atoms with Crippen LogP contribution in [0.1, 0.15) is 0 Å². The van der Waals surface area contributed by atoms with Crippen molar-refractivity contribution in [2.24, 2.45) is 7.05 Å². The van der Waals surface area contributed by atoms with E-state index in [0.29, 0.717) is 41.7 Å². The molecule has 2 aromatic heterocycles. The topological polar surface area (TPSA) is 64.9 Å². The minimum absolute atomic E-state index is 0.323. The van der Waals surface area contributed by atoms with Crippen molar-refractivity contribution in [3.63, 3.8) is 0 Å². The van der Waals surface area contributed by atoms with Crippen molar-refractivity contribution in [1.29, 1.82) is 0 Å². The van der Waals surface area contributed by atoms with Crippen molar-refractivity contribution in [1.82, 2.24) is 19.5 Å². The van der Waals surface area contributed by atoms with E-state index in [0.717, 1.165) is 0 Å². The van der Waals surface area contributed by atoms with E-state index in [1.807, 2.05) is 17.8 Å². The van der Waals surface area contributed by atoms with E-state index in [4.69, 9.17) is 4.74 Å². The fourth-order valence-corrected chi connectivity index (χ4v) is 2.37. The first kappa shape index (κ1) is 16.1. The minimum atomic E-state index is -0.323. The molecule has 0 fully saturated rings. The number of hydrogen-bond donors (Lipinski definition) is 1. The van der Waals surface area contributed by atoms with E-state index >= 15 is 0 Å². The number of halogens is 1. The van der Waals surface area contributed by atoms with Gasteiger partial charge in [0.1, 0.15) is 11.5 Å². The van der Waals surface area contributed by atoms with Gasteiger partial charge in [-0.25, -0.2) is 19.3 Å². The molecule has 0 atom stereocenters. The molecule has 6 nitrogen and oxygen atoms in total. The second-order valence-electron chi connectivity index (χ2n) is 5.22. The molecule has 0 aliphatic heterocycles. The molecule has 124 valence electrons. The number of nitrogens with one attached hydrogen (secondary N) is 1. The molecule has 0 aliphatic carbocycles. The first-order chi connectivity index (χ1) is 11.7. The Balaban J connectivity index is 2.08. The zero-order valence-corrected chi connectivity index (χ0v) is 13.5. The third-order valence-corrected chi connectivity index (χ3v) is 3.58. The number of methoxy groups -OCH3 is 1. The normalized spacial score (nSPS) is 10.8. The predicted octanol–water partition coefficient (Wildman–Crippen LogP) is 2.74. The molecule has 0 aliphatic rings. The van der Waals surface area contributed by atoms with Gasteiger partial charge in [0.2, 0.25) is 5.95 Å². The summed E-state index contributed by atoms with van der Waals surface area (Å²) in [5.74, 6) is 0.771. The van der Waals surface area contributed by atoms with E-state index < -0.39 is 0 Å². The lowest BCUT2D eigenvalue weighted by Crippen LogP contribution is -2.11. The lowest BCUT2D eigenvalue weighted by atomic mass is 10.0. The van der Waals surface area contributed by atoms with Gasteiger partial charge in [-0.05, 0) is 6.07 Å². The second-order valence-corrected chi connectivity index (χ2v) is 5.22. The summed E-state index contributed by atoms with van der Waals surface area (Å²) in [7, 11) is 3.50. The van der Waals surface area contributed by atoms with Crippen molar-refractivity contribution in [3.8, 4) is 22.6 Å². The first-order valence-corrected chi connectivity index (χ1v) is 7.53. The summed E-state index contributed by atoms with van der Waals surface area (Å²) in [6, 6.07) is 6.56. The Labute approximate surface area is 139 Å². The molecule has 0 radical (unpaired) electrons. The molecular weight excluding hydrogens is 309 g/mol. The summed E-state index contributed by atoms with van der Waals surface area (Å²) in [4.78, 5) is 13.2. The zero-order valence-electron chi connectivity index (χ0n) is 13.5. The zero-order chi connectivity index (χ0) is 16.9. The van der Waals surface area contributed by atoms with Crippen molar-refractivity contribution >= 4 is 5.95 Å². The number of ether oxygens (including phenoxy) is 1. The molecule has 1 N–H and O–H groups in total. The molecule has 0 saturated heterocycles. The van der Waals surface area contributed by atoms with Crippen molar-refractivity contribution < 1.29 is 9.13 Å². The highest BCUT2D eigenvalue weighted by Crippen LogP contribution is 2.31. The lowest BCUT2D eigenvalue weighted by Gasteiger charge is -2.12. The van der Waals surface area contributed by atoms with Crippen LogP contribution in [0.15, 0.2) is 42.9 Å². The summed E-state index contributed by atoms with van der Waals surface area (Å²) >= 11 is 0. The number of aromatic nitrogens is 4. The average molecular weight is 327 g/mol. The van der Waals surface area contributed by atoms with Crippen LogP contribution in [0.25, 0.3) is 22.6 Å². The molecule has 7 heteroatoms. The maximum atomic E-state index is 14.2. The minimum Gasteiger partial charge on any atom is -0.383 e. The molecule has 0 unspecified atom stereocenters. The predicted molar refractivity (Wildman–Crippen MR) is 90.0 cm³/mol. The van der Waals surface area contributed by atoms with E-state index in [1.165, 1.54) is 6.07 Å². The lowest BCUT2D eigenvalue weighted by molar-refractivity contribution is 0.210. The van der Waals surface area contributed by atoms with Gasteiger partial charge in [-0.15, -0.1) is 0 Å². The maximum Gasteiger partial charge on any atom is 0.223 e.